The molecule has 1 aliphatic rings. The van der Waals surface area contributed by atoms with E-state index in [-0.39, 0.29) is 35.7 Å². The van der Waals surface area contributed by atoms with E-state index >= 15 is 0 Å². The number of halogens is 1. The summed E-state index contributed by atoms with van der Waals surface area (Å²) >= 11 is 0. The van der Waals surface area contributed by atoms with Crippen molar-refractivity contribution >= 4 is 16.9 Å². The summed E-state index contributed by atoms with van der Waals surface area (Å²) in [5, 5.41) is 13.2. The Morgan fingerprint density at radius 1 is 1.35 bits per heavy atom. The Morgan fingerprint density at radius 3 is 2.84 bits per heavy atom. The van der Waals surface area contributed by atoms with Crippen LogP contribution < -0.4 is 15.6 Å². The predicted molar refractivity (Wildman–Crippen MR) is 110 cm³/mol. The van der Waals surface area contributed by atoms with Crippen LogP contribution in [0, 0.1) is 12.7 Å². The molecule has 3 aromatic rings. The van der Waals surface area contributed by atoms with Crippen LogP contribution in [0.2, 0.25) is 0 Å². The normalized spacial score (nSPS) is 15.7. The van der Waals surface area contributed by atoms with Crippen LogP contribution in [0.3, 0.4) is 0 Å². The van der Waals surface area contributed by atoms with Gasteiger partial charge < -0.3 is 29.3 Å². The van der Waals surface area contributed by atoms with E-state index in [0.29, 0.717) is 42.8 Å². The zero-order chi connectivity index (χ0) is 22.0. The van der Waals surface area contributed by atoms with E-state index < -0.39 is 17.3 Å². The summed E-state index contributed by atoms with van der Waals surface area (Å²) in [6, 6.07) is 5.77. The number of aromatic amines is 1. The van der Waals surface area contributed by atoms with Gasteiger partial charge in [-0.15, -0.1) is 0 Å². The quantitative estimate of drug-likeness (QED) is 0.554. The minimum atomic E-state index is -0.779. The largest absolute Gasteiger partial charge is 0.486 e. The molecule has 0 unspecified atom stereocenters. The number of nitrogens with one attached hydrogen (secondary N) is 2. The van der Waals surface area contributed by atoms with Crippen molar-refractivity contribution in [1.29, 1.82) is 0 Å². The summed E-state index contributed by atoms with van der Waals surface area (Å²) < 4.78 is 31.0. The summed E-state index contributed by atoms with van der Waals surface area (Å²) in [6.45, 7) is 2.14. The number of aliphatic hydroxyl groups excluding tert-OH is 1. The molecule has 1 fully saturated rings. The van der Waals surface area contributed by atoms with Crippen molar-refractivity contribution in [3.8, 4) is 5.75 Å². The lowest BCUT2D eigenvalue weighted by molar-refractivity contribution is 0.0125. The lowest BCUT2D eigenvalue weighted by Crippen LogP contribution is -2.54. The van der Waals surface area contributed by atoms with E-state index in [0.717, 1.165) is 6.07 Å². The lowest BCUT2D eigenvalue weighted by atomic mass is 9.90. The molecule has 9 heteroatoms. The number of amides is 1. The molecule has 4 rings (SSSR count). The van der Waals surface area contributed by atoms with Crippen molar-refractivity contribution in [1.82, 2.24) is 10.3 Å². The Labute approximate surface area is 177 Å². The van der Waals surface area contributed by atoms with Crippen LogP contribution in [0.4, 0.5) is 4.39 Å². The molecule has 1 aromatic carbocycles. The Kier molecular flexibility index (Phi) is 5.79. The third-order valence-corrected chi connectivity index (χ3v) is 5.56. The predicted octanol–water partition coefficient (Wildman–Crippen LogP) is 2.42. The highest BCUT2D eigenvalue weighted by molar-refractivity contribution is 6.07. The van der Waals surface area contributed by atoms with Gasteiger partial charge in [-0.2, -0.15) is 0 Å². The van der Waals surface area contributed by atoms with Crippen LogP contribution >= 0.6 is 0 Å². The maximum absolute atomic E-state index is 14.5. The van der Waals surface area contributed by atoms with E-state index in [1.165, 1.54) is 12.3 Å². The smallest absolute Gasteiger partial charge is 0.255 e. The molecule has 0 bridgehead atoms. The first kappa shape index (κ1) is 21.1. The second kappa shape index (κ2) is 8.52. The standard InChI is InChI=1S/C22H23FN2O6/c1-13-19(21(28)25-22(12-26)4-7-29-8-5-22)15-9-18(16(23)10-17(15)31-13)30-11-14-3-2-6-24-20(14)27/h2-3,6,9-10,26H,4-5,7-8,11-12H2,1H3,(H,24,27)(H,25,28). The van der Waals surface area contributed by atoms with Gasteiger partial charge in [0.25, 0.3) is 11.5 Å². The molecular formula is C22H23FN2O6. The van der Waals surface area contributed by atoms with Crippen LogP contribution in [0.15, 0.2) is 39.7 Å². The molecule has 1 saturated heterocycles. The van der Waals surface area contributed by atoms with E-state index in [1.807, 2.05) is 0 Å². The summed E-state index contributed by atoms with van der Waals surface area (Å²) in [6.07, 6.45) is 2.46. The molecule has 0 aliphatic carbocycles. The van der Waals surface area contributed by atoms with Crippen LogP contribution in [0.5, 0.6) is 5.75 Å². The lowest BCUT2D eigenvalue weighted by Gasteiger charge is -2.36. The molecular weight excluding hydrogens is 407 g/mol. The number of aryl methyl sites for hydroxylation is 1. The summed E-state index contributed by atoms with van der Waals surface area (Å²) in [4.78, 5) is 27.4. The van der Waals surface area contributed by atoms with Crippen LogP contribution in [0.1, 0.15) is 34.5 Å². The van der Waals surface area contributed by atoms with Gasteiger partial charge >= 0.3 is 0 Å². The fourth-order valence-corrected chi connectivity index (χ4v) is 3.73. The second-order valence-electron chi connectivity index (χ2n) is 7.63. The first-order valence-corrected chi connectivity index (χ1v) is 9.95. The van der Waals surface area contributed by atoms with E-state index in [4.69, 9.17) is 13.9 Å². The number of ether oxygens (including phenoxy) is 2. The molecule has 1 aliphatic heterocycles. The van der Waals surface area contributed by atoms with E-state index in [9.17, 15) is 19.1 Å². The van der Waals surface area contributed by atoms with Gasteiger partial charge in [0.05, 0.1) is 23.3 Å². The zero-order valence-electron chi connectivity index (χ0n) is 17.0. The zero-order valence-corrected chi connectivity index (χ0v) is 17.0. The average Bonchev–Trinajstić information content (AvgIpc) is 3.08. The van der Waals surface area contributed by atoms with Gasteiger partial charge in [0, 0.05) is 30.9 Å². The number of carbonyl (C=O) groups excluding carboxylic acids is 1. The topological polar surface area (TPSA) is 114 Å². The van der Waals surface area contributed by atoms with E-state index in [2.05, 4.69) is 10.3 Å². The molecule has 1 amide bonds. The number of carbonyl (C=O) groups is 1. The number of furan rings is 1. The molecule has 0 spiro atoms. The minimum Gasteiger partial charge on any atom is -0.486 e. The Morgan fingerprint density at radius 2 is 2.13 bits per heavy atom. The van der Waals surface area contributed by atoms with Crippen LogP contribution in [0.25, 0.3) is 11.0 Å². The summed E-state index contributed by atoms with van der Waals surface area (Å²) in [7, 11) is 0. The second-order valence-corrected chi connectivity index (χ2v) is 7.63. The number of H-pyrrole nitrogens is 1. The third kappa shape index (κ3) is 4.19. The monoisotopic (exact) mass is 430 g/mol. The van der Waals surface area contributed by atoms with Gasteiger partial charge in [0.15, 0.2) is 11.6 Å². The molecule has 0 radical (unpaired) electrons. The van der Waals surface area contributed by atoms with Crippen molar-refractivity contribution in [2.24, 2.45) is 0 Å². The molecule has 3 N–H and O–H groups in total. The Hall–Kier alpha value is -3.17. The number of aromatic nitrogens is 1. The summed E-state index contributed by atoms with van der Waals surface area (Å²) in [5.41, 5.74) is -0.312. The van der Waals surface area contributed by atoms with E-state index in [1.54, 1.807) is 19.1 Å². The van der Waals surface area contributed by atoms with Gasteiger partial charge in [0.1, 0.15) is 18.0 Å². The van der Waals surface area contributed by atoms with Crippen molar-refractivity contribution < 1.29 is 28.2 Å². The number of rotatable bonds is 6. The fourth-order valence-electron chi connectivity index (χ4n) is 3.73. The Bertz CT molecular complexity index is 1160. The van der Waals surface area contributed by atoms with Gasteiger partial charge in [-0.25, -0.2) is 4.39 Å². The Balaban J connectivity index is 1.64. The van der Waals surface area contributed by atoms with Crippen LogP contribution in [-0.4, -0.2) is 41.4 Å². The van der Waals surface area contributed by atoms with Crippen molar-refractivity contribution in [2.45, 2.75) is 31.9 Å². The number of hydrogen-bond acceptors (Lipinski definition) is 6. The molecule has 0 saturated carbocycles. The number of benzene rings is 1. The fraction of sp³-hybridized carbons (Fsp3) is 0.364. The van der Waals surface area contributed by atoms with Gasteiger partial charge in [-0.1, -0.05) is 0 Å². The van der Waals surface area contributed by atoms with Crippen molar-refractivity contribution in [3.05, 3.63) is 63.5 Å². The van der Waals surface area contributed by atoms with Crippen molar-refractivity contribution in [3.63, 3.8) is 0 Å². The molecule has 31 heavy (non-hydrogen) atoms. The van der Waals surface area contributed by atoms with Crippen LogP contribution in [-0.2, 0) is 11.3 Å². The van der Waals surface area contributed by atoms with Gasteiger partial charge in [-0.3, -0.25) is 9.59 Å². The number of fused-ring (bicyclic) bond motifs is 1. The minimum absolute atomic E-state index is 0.103. The number of aliphatic hydroxyl groups is 1. The third-order valence-electron chi connectivity index (χ3n) is 5.56. The highest BCUT2D eigenvalue weighted by Crippen LogP contribution is 2.32. The van der Waals surface area contributed by atoms with Gasteiger partial charge in [0.2, 0.25) is 0 Å². The molecule has 0 atom stereocenters. The highest BCUT2D eigenvalue weighted by Gasteiger charge is 2.35. The van der Waals surface area contributed by atoms with Gasteiger partial charge in [-0.05, 0) is 38.0 Å². The highest BCUT2D eigenvalue weighted by atomic mass is 19.1. The SMILES string of the molecule is Cc1oc2cc(F)c(OCc3ccc[nH]c3=O)cc2c1C(=O)NC1(CO)CCOCC1. The average molecular weight is 430 g/mol. The van der Waals surface area contributed by atoms with Crippen molar-refractivity contribution in [2.75, 3.05) is 19.8 Å². The first-order chi connectivity index (χ1) is 14.9. The molecule has 3 heterocycles. The maximum atomic E-state index is 14.5. The maximum Gasteiger partial charge on any atom is 0.255 e. The number of pyridine rings is 1. The molecule has 164 valence electrons. The molecule has 2 aromatic heterocycles. The first-order valence-electron chi connectivity index (χ1n) is 9.95. The molecule has 8 nitrogen and oxygen atoms in total. The number of hydrogen-bond donors (Lipinski definition) is 3. The summed E-state index contributed by atoms with van der Waals surface area (Å²) in [5.74, 6) is -0.877.